The summed E-state index contributed by atoms with van der Waals surface area (Å²) in [6, 6.07) is 7.76. The minimum absolute atomic E-state index is 0.119. The highest BCUT2D eigenvalue weighted by atomic mass is 16.5. The predicted molar refractivity (Wildman–Crippen MR) is 74.6 cm³/mol. The number of nitrogens with two attached hydrogens (primary N) is 1. The van der Waals surface area contributed by atoms with Crippen molar-refractivity contribution in [3.8, 4) is 5.75 Å². The number of nitrogens with zero attached hydrogens (tertiary/aromatic N) is 2. The molecule has 0 bridgehead atoms. The zero-order valence-electron chi connectivity index (χ0n) is 11.5. The molecule has 5 nitrogen and oxygen atoms in total. The first kappa shape index (κ1) is 13.6. The van der Waals surface area contributed by atoms with Gasteiger partial charge in [0.1, 0.15) is 5.75 Å². The van der Waals surface area contributed by atoms with E-state index < -0.39 is 0 Å². The Morgan fingerprint density at radius 3 is 2.63 bits per heavy atom. The maximum absolute atomic E-state index is 5.83. The molecule has 0 saturated heterocycles. The van der Waals surface area contributed by atoms with Gasteiger partial charge in [0.2, 0.25) is 0 Å². The number of aryl methyl sites for hydroxylation is 1. The molecule has 0 aliphatic carbocycles. The van der Waals surface area contributed by atoms with Gasteiger partial charge in [0.05, 0.1) is 18.3 Å². The maximum Gasteiger partial charge on any atom is 0.124 e. The first-order valence-corrected chi connectivity index (χ1v) is 6.32. The van der Waals surface area contributed by atoms with Crippen molar-refractivity contribution in [3.63, 3.8) is 0 Å². The lowest BCUT2D eigenvalue weighted by Crippen LogP contribution is -2.29. The lowest BCUT2D eigenvalue weighted by Gasteiger charge is -2.20. The van der Waals surface area contributed by atoms with Gasteiger partial charge in [0, 0.05) is 24.4 Å². The third-order valence-electron chi connectivity index (χ3n) is 2.82. The van der Waals surface area contributed by atoms with Crippen molar-refractivity contribution in [1.29, 1.82) is 0 Å². The topological polar surface area (TPSA) is 65.1 Å². The van der Waals surface area contributed by atoms with Crippen LogP contribution in [0.15, 0.2) is 36.7 Å². The van der Waals surface area contributed by atoms with Gasteiger partial charge in [0.15, 0.2) is 0 Å². The number of nitrogens with one attached hydrogen (secondary N) is 1. The van der Waals surface area contributed by atoms with Crippen LogP contribution < -0.4 is 16.0 Å². The van der Waals surface area contributed by atoms with E-state index >= 15 is 0 Å². The molecular formula is C14H20N4O. The van der Waals surface area contributed by atoms with Crippen LogP contribution in [0.3, 0.4) is 0 Å². The van der Waals surface area contributed by atoms with Gasteiger partial charge in [-0.3, -0.25) is 10.5 Å². The van der Waals surface area contributed by atoms with Crippen LogP contribution in [0.4, 0.5) is 0 Å². The number of benzene rings is 1. The third-order valence-corrected chi connectivity index (χ3v) is 2.82. The number of hydrogen-bond donors (Lipinski definition) is 2. The molecule has 3 N–H and O–H groups in total. The van der Waals surface area contributed by atoms with Gasteiger partial charge < -0.3 is 4.74 Å². The zero-order valence-corrected chi connectivity index (χ0v) is 11.5. The molecule has 0 radical (unpaired) electrons. The lowest BCUT2D eigenvalue weighted by molar-refractivity contribution is 0.238. The van der Waals surface area contributed by atoms with E-state index in [4.69, 9.17) is 10.6 Å². The minimum atomic E-state index is -0.136. The smallest absolute Gasteiger partial charge is 0.124 e. The van der Waals surface area contributed by atoms with Crippen LogP contribution in [0, 0.1) is 0 Å². The minimum Gasteiger partial charge on any atom is -0.491 e. The van der Waals surface area contributed by atoms with E-state index in [-0.39, 0.29) is 12.1 Å². The van der Waals surface area contributed by atoms with Crippen molar-refractivity contribution in [2.24, 2.45) is 12.9 Å². The normalized spacial score (nSPS) is 12.7. The molecule has 1 heterocycles. The Kier molecular flexibility index (Phi) is 4.19. The monoisotopic (exact) mass is 260 g/mol. The van der Waals surface area contributed by atoms with Gasteiger partial charge in [-0.15, -0.1) is 0 Å². The number of aromatic nitrogens is 2. The molecule has 5 heteroatoms. The molecule has 0 aliphatic heterocycles. The van der Waals surface area contributed by atoms with E-state index in [0.717, 1.165) is 16.9 Å². The van der Waals surface area contributed by atoms with Crippen molar-refractivity contribution in [2.75, 3.05) is 0 Å². The second-order valence-electron chi connectivity index (χ2n) is 4.75. The largest absolute Gasteiger partial charge is 0.491 e. The molecular weight excluding hydrogens is 240 g/mol. The molecule has 1 unspecified atom stereocenters. The van der Waals surface area contributed by atoms with E-state index in [0.29, 0.717) is 0 Å². The molecule has 0 saturated carbocycles. The van der Waals surface area contributed by atoms with Crippen LogP contribution >= 0.6 is 0 Å². The number of hydrazine groups is 1. The number of para-hydroxylation sites is 1. The van der Waals surface area contributed by atoms with Crippen LogP contribution in [0.2, 0.25) is 0 Å². The van der Waals surface area contributed by atoms with E-state index in [2.05, 4.69) is 10.5 Å². The van der Waals surface area contributed by atoms with Crippen LogP contribution in [0.25, 0.3) is 0 Å². The Labute approximate surface area is 113 Å². The fourth-order valence-electron chi connectivity index (χ4n) is 2.04. The highest BCUT2D eigenvalue weighted by Crippen LogP contribution is 2.29. The molecule has 19 heavy (non-hydrogen) atoms. The molecule has 2 aromatic rings. The van der Waals surface area contributed by atoms with Crippen molar-refractivity contribution >= 4 is 0 Å². The molecule has 0 amide bonds. The third kappa shape index (κ3) is 3.13. The second kappa shape index (κ2) is 5.86. The van der Waals surface area contributed by atoms with Gasteiger partial charge in [-0.05, 0) is 19.9 Å². The lowest BCUT2D eigenvalue weighted by atomic mass is 10.0. The van der Waals surface area contributed by atoms with Gasteiger partial charge in [-0.25, -0.2) is 5.43 Å². The molecule has 1 aromatic carbocycles. The first-order valence-electron chi connectivity index (χ1n) is 6.32. The molecule has 1 atom stereocenters. The van der Waals surface area contributed by atoms with E-state index in [1.807, 2.05) is 51.4 Å². The average Bonchev–Trinajstić information content (AvgIpc) is 2.78. The summed E-state index contributed by atoms with van der Waals surface area (Å²) in [4.78, 5) is 0. The number of ether oxygens (including phenoxy) is 1. The molecule has 0 fully saturated rings. The summed E-state index contributed by atoms with van der Waals surface area (Å²) in [5.41, 5.74) is 4.84. The molecule has 1 aromatic heterocycles. The quantitative estimate of drug-likeness (QED) is 0.635. The van der Waals surface area contributed by atoms with Gasteiger partial charge in [-0.1, -0.05) is 18.2 Å². The molecule has 0 aliphatic rings. The van der Waals surface area contributed by atoms with Crippen LogP contribution in [0.5, 0.6) is 5.75 Å². The molecule has 102 valence electrons. The summed E-state index contributed by atoms with van der Waals surface area (Å²) in [7, 11) is 1.88. The highest BCUT2D eigenvalue weighted by molar-refractivity contribution is 5.40. The maximum atomic E-state index is 5.83. The fourth-order valence-corrected chi connectivity index (χ4v) is 2.04. The predicted octanol–water partition coefficient (Wildman–Crippen LogP) is 1.76. The summed E-state index contributed by atoms with van der Waals surface area (Å²) in [6.45, 7) is 4.01. The van der Waals surface area contributed by atoms with E-state index in [1.165, 1.54) is 0 Å². The summed E-state index contributed by atoms with van der Waals surface area (Å²) in [5.74, 6) is 6.54. The Morgan fingerprint density at radius 2 is 2.05 bits per heavy atom. The van der Waals surface area contributed by atoms with E-state index in [9.17, 15) is 0 Å². The zero-order chi connectivity index (χ0) is 13.8. The molecule has 0 spiro atoms. The van der Waals surface area contributed by atoms with Crippen LogP contribution in [-0.4, -0.2) is 15.9 Å². The molecule has 2 rings (SSSR count). The second-order valence-corrected chi connectivity index (χ2v) is 4.75. The van der Waals surface area contributed by atoms with Crippen LogP contribution in [-0.2, 0) is 7.05 Å². The van der Waals surface area contributed by atoms with Crippen molar-refractivity contribution in [2.45, 2.75) is 26.0 Å². The summed E-state index contributed by atoms with van der Waals surface area (Å²) in [6.07, 6.45) is 3.86. The summed E-state index contributed by atoms with van der Waals surface area (Å²) >= 11 is 0. The standard InChI is InChI=1S/C14H20N4O/c1-10(2)19-13-7-5-4-6-12(13)14(17-15)11-8-16-18(3)9-11/h4-10,14,17H,15H2,1-3H3. The van der Waals surface area contributed by atoms with Gasteiger partial charge in [-0.2, -0.15) is 5.10 Å². The van der Waals surface area contributed by atoms with Crippen molar-refractivity contribution in [1.82, 2.24) is 15.2 Å². The highest BCUT2D eigenvalue weighted by Gasteiger charge is 2.18. The number of hydrogen-bond acceptors (Lipinski definition) is 4. The van der Waals surface area contributed by atoms with Gasteiger partial charge in [0.25, 0.3) is 0 Å². The Morgan fingerprint density at radius 1 is 1.32 bits per heavy atom. The number of rotatable bonds is 5. The Balaban J connectivity index is 2.38. The van der Waals surface area contributed by atoms with Crippen LogP contribution in [0.1, 0.15) is 31.0 Å². The Hall–Kier alpha value is -1.85. The Bertz CT molecular complexity index is 536. The van der Waals surface area contributed by atoms with Crippen molar-refractivity contribution < 1.29 is 4.74 Å². The first-order chi connectivity index (χ1) is 9.11. The van der Waals surface area contributed by atoms with Gasteiger partial charge >= 0.3 is 0 Å². The average molecular weight is 260 g/mol. The summed E-state index contributed by atoms with van der Waals surface area (Å²) in [5, 5.41) is 4.18. The fraction of sp³-hybridized carbons (Fsp3) is 0.357. The SMILES string of the molecule is CC(C)Oc1ccccc1C(NN)c1cnn(C)c1. The van der Waals surface area contributed by atoms with E-state index in [1.54, 1.807) is 10.9 Å². The van der Waals surface area contributed by atoms with Crippen molar-refractivity contribution in [3.05, 3.63) is 47.8 Å². The summed E-state index contributed by atoms with van der Waals surface area (Å²) < 4.78 is 7.59.